The van der Waals surface area contributed by atoms with Crippen molar-refractivity contribution in [2.24, 2.45) is 11.7 Å². The Labute approximate surface area is 112 Å². The maximum atomic E-state index is 11.3. The van der Waals surface area contributed by atoms with Gasteiger partial charge in [-0.3, -0.25) is 19.8 Å². The van der Waals surface area contributed by atoms with E-state index in [0.717, 1.165) is 12.8 Å². The smallest absolute Gasteiger partial charge is 0.320 e. The number of hydrogen-bond donors (Lipinski definition) is 3. The van der Waals surface area contributed by atoms with E-state index in [2.05, 4.69) is 6.92 Å². The number of nitrogens with zero attached hydrogens (tertiary/aromatic N) is 1. The molecular formula is C12H21N3O4. The number of amides is 3. The second-order valence-electron chi connectivity index (χ2n) is 4.85. The SMILES string of the molecule is CCC1CCN(CCC(=O)NC(N)=O)C(C(=O)O)C1. The van der Waals surface area contributed by atoms with Crippen LogP contribution in [-0.4, -0.2) is 47.0 Å². The molecule has 2 unspecified atom stereocenters. The summed E-state index contributed by atoms with van der Waals surface area (Å²) in [5, 5.41) is 11.2. The van der Waals surface area contributed by atoms with E-state index in [9.17, 15) is 19.5 Å². The zero-order chi connectivity index (χ0) is 14.4. The summed E-state index contributed by atoms with van der Waals surface area (Å²) in [5.41, 5.74) is 4.84. The zero-order valence-corrected chi connectivity index (χ0v) is 11.1. The highest BCUT2D eigenvalue weighted by Gasteiger charge is 2.32. The quantitative estimate of drug-likeness (QED) is 0.658. The van der Waals surface area contributed by atoms with Crippen molar-refractivity contribution in [2.45, 2.75) is 38.6 Å². The lowest BCUT2D eigenvalue weighted by Gasteiger charge is -2.36. The van der Waals surface area contributed by atoms with Crippen molar-refractivity contribution in [1.29, 1.82) is 0 Å². The Morgan fingerprint density at radius 3 is 2.63 bits per heavy atom. The number of aliphatic carboxylic acids is 1. The lowest BCUT2D eigenvalue weighted by atomic mass is 9.89. The number of urea groups is 1. The lowest BCUT2D eigenvalue weighted by Crippen LogP contribution is -2.48. The van der Waals surface area contributed by atoms with Crippen LogP contribution in [0.4, 0.5) is 4.79 Å². The Bertz CT molecular complexity index is 359. The highest BCUT2D eigenvalue weighted by Crippen LogP contribution is 2.25. The number of hydrogen-bond acceptors (Lipinski definition) is 4. The van der Waals surface area contributed by atoms with E-state index < -0.39 is 23.9 Å². The lowest BCUT2D eigenvalue weighted by molar-refractivity contribution is -0.146. The molecule has 1 fully saturated rings. The minimum atomic E-state index is -0.885. The molecule has 1 rings (SSSR count). The molecule has 0 radical (unpaired) electrons. The normalized spacial score (nSPS) is 23.8. The number of carboxylic acid groups (broad SMARTS) is 1. The summed E-state index contributed by atoms with van der Waals surface area (Å²) >= 11 is 0. The van der Waals surface area contributed by atoms with Crippen molar-refractivity contribution in [2.75, 3.05) is 13.1 Å². The number of primary amides is 1. The summed E-state index contributed by atoms with van der Waals surface area (Å²) in [6.07, 6.45) is 2.60. The summed E-state index contributed by atoms with van der Waals surface area (Å²) < 4.78 is 0. The number of likely N-dealkylation sites (tertiary alicyclic amines) is 1. The Kier molecular flexibility index (Phi) is 5.75. The van der Waals surface area contributed by atoms with Crippen molar-refractivity contribution in [3.63, 3.8) is 0 Å². The number of nitrogens with two attached hydrogens (primary N) is 1. The fraction of sp³-hybridized carbons (Fsp3) is 0.750. The van der Waals surface area contributed by atoms with E-state index in [1.165, 1.54) is 0 Å². The van der Waals surface area contributed by atoms with Crippen molar-refractivity contribution in [3.05, 3.63) is 0 Å². The van der Waals surface area contributed by atoms with Gasteiger partial charge in [0.1, 0.15) is 6.04 Å². The molecule has 2 atom stereocenters. The van der Waals surface area contributed by atoms with Crippen molar-refractivity contribution >= 4 is 17.9 Å². The molecule has 1 aliphatic rings. The van der Waals surface area contributed by atoms with Crippen LogP contribution in [-0.2, 0) is 9.59 Å². The predicted octanol–water partition coefficient (Wildman–Crippen LogP) is 0.147. The minimum Gasteiger partial charge on any atom is -0.480 e. The van der Waals surface area contributed by atoms with Gasteiger partial charge < -0.3 is 10.8 Å². The molecule has 0 bridgehead atoms. The Hall–Kier alpha value is -1.63. The van der Waals surface area contributed by atoms with Crippen molar-refractivity contribution < 1.29 is 19.5 Å². The fourth-order valence-corrected chi connectivity index (χ4v) is 2.43. The van der Waals surface area contributed by atoms with Crippen LogP contribution >= 0.6 is 0 Å². The first-order chi connectivity index (χ1) is 8.93. The number of imide groups is 1. The number of rotatable bonds is 5. The molecule has 1 saturated heterocycles. The van der Waals surface area contributed by atoms with Crippen molar-refractivity contribution in [1.82, 2.24) is 10.2 Å². The van der Waals surface area contributed by atoms with Crippen LogP contribution in [0.1, 0.15) is 32.6 Å². The van der Waals surface area contributed by atoms with Gasteiger partial charge in [0.2, 0.25) is 5.91 Å². The fourth-order valence-electron chi connectivity index (χ4n) is 2.43. The molecule has 0 aromatic rings. The Morgan fingerprint density at radius 1 is 1.42 bits per heavy atom. The van der Waals surface area contributed by atoms with Gasteiger partial charge >= 0.3 is 12.0 Å². The topological polar surface area (TPSA) is 113 Å². The third kappa shape index (κ3) is 4.86. The molecule has 0 aromatic heterocycles. The van der Waals surface area contributed by atoms with Gasteiger partial charge in [0.15, 0.2) is 0 Å². The second-order valence-corrected chi connectivity index (χ2v) is 4.85. The molecule has 0 spiro atoms. The number of piperidine rings is 1. The highest BCUT2D eigenvalue weighted by atomic mass is 16.4. The van der Waals surface area contributed by atoms with Crippen LogP contribution in [0, 0.1) is 5.92 Å². The standard InChI is InChI=1S/C12H21N3O4/c1-2-8-3-5-15(9(7-8)11(17)18)6-4-10(16)14-12(13)19/h8-9H,2-7H2,1H3,(H,17,18)(H3,13,14,16,19). The first-order valence-electron chi connectivity index (χ1n) is 6.50. The summed E-state index contributed by atoms with van der Waals surface area (Å²) in [4.78, 5) is 34.8. The molecule has 3 amide bonds. The van der Waals surface area contributed by atoms with Crippen LogP contribution in [0.2, 0.25) is 0 Å². The van der Waals surface area contributed by atoms with Crippen LogP contribution in [0.3, 0.4) is 0 Å². The summed E-state index contributed by atoms with van der Waals surface area (Å²) in [6, 6.07) is -1.43. The molecule has 0 aliphatic carbocycles. The molecule has 0 saturated carbocycles. The molecular weight excluding hydrogens is 250 g/mol. The number of carboxylic acids is 1. The first-order valence-corrected chi connectivity index (χ1v) is 6.50. The average molecular weight is 271 g/mol. The molecule has 7 nitrogen and oxygen atoms in total. The van der Waals surface area contributed by atoms with E-state index in [0.29, 0.717) is 25.4 Å². The average Bonchev–Trinajstić information content (AvgIpc) is 2.35. The summed E-state index contributed by atoms with van der Waals surface area (Å²) in [6.45, 7) is 3.05. The van der Waals surface area contributed by atoms with Gasteiger partial charge in [-0.05, 0) is 25.3 Å². The van der Waals surface area contributed by atoms with Crippen LogP contribution in [0.15, 0.2) is 0 Å². The van der Waals surface area contributed by atoms with Gasteiger partial charge in [0.25, 0.3) is 0 Å². The third-order valence-corrected chi connectivity index (χ3v) is 3.57. The van der Waals surface area contributed by atoms with Gasteiger partial charge in [-0.1, -0.05) is 13.3 Å². The van der Waals surface area contributed by atoms with Gasteiger partial charge in [0.05, 0.1) is 0 Å². The number of nitrogens with one attached hydrogen (secondary N) is 1. The molecule has 19 heavy (non-hydrogen) atoms. The zero-order valence-electron chi connectivity index (χ0n) is 11.1. The Morgan fingerprint density at radius 2 is 2.11 bits per heavy atom. The minimum absolute atomic E-state index is 0.0729. The van der Waals surface area contributed by atoms with E-state index in [4.69, 9.17) is 5.73 Å². The second kappa shape index (κ2) is 7.08. The van der Waals surface area contributed by atoms with Gasteiger partial charge in [0, 0.05) is 13.0 Å². The van der Waals surface area contributed by atoms with Crippen LogP contribution in [0.25, 0.3) is 0 Å². The van der Waals surface area contributed by atoms with Gasteiger partial charge in [-0.15, -0.1) is 0 Å². The summed E-state index contributed by atoms with van der Waals surface area (Å²) in [7, 11) is 0. The third-order valence-electron chi connectivity index (χ3n) is 3.57. The molecule has 108 valence electrons. The van der Waals surface area contributed by atoms with E-state index >= 15 is 0 Å². The molecule has 1 heterocycles. The molecule has 4 N–H and O–H groups in total. The Balaban J connectivity index is 2.49. The molecule has 7 heteroatoms. The maximum Gasteiger partial charge on any atom is 0.320 e. The highest BCUT2D eigenvalue weighted by molar-refractivity contribution is 5.93. The van der Waals surface area contributed by atoms with Gasteiger partial charge in [-0.25, -0.2) is 4.79 Å². The molecule has 0 aromatic carbocycles. The van der Waals surface area contributed by atoms with Crippen molar-refractivity contribution in [3.8, 4) is 0 Å². The van der Waals surface area contributed by atoms with E-state index in [1.807, 2.05) is 5.32 Å². The predicted molar refractivity (Wildman–Crippen MR) is 68.4 cm³/mol. The largest absolute Gasteiger partial charge is 0.480 e. The maximum absolute atomic E-state index is 11.3. The van der Waals surface area contributed by atoms with E-state index in [-0.39, 0.29) is 6.42 Å². The summed E-state index contributed by atoms with van der Waals surface area (Å²) in [5.74, 6) is -0.903. The monoisotopic (exact) mass is 271 g/mol. The number of carbonyl (C=O) groups excluding carboxylic acids is 2. The van der Waals surface area contributed by atoms with Crippen LogP contribution < -0.4 is 11.1 Å². The van der Waals surface area contributed by atoms with E-state index in [1.54, 1.807) is 4.90 Å². The first kappa shape index (κ1) is 15.4. The molecule has 1 aliphatic heterocycles. The number of carbonyl (C=O) groups is 3. The van der Waals surface area contributed by atoms with Crippen LogP contribution in [0.5, 0.6) is 0 Å². The van der Waals surface area contributed by atoms with Gasteiger partial charge in [-0.2, -0.15) is 0 Å².